The lowest BCUT2D eigenvalue weighted by molar-refractivity contribution is 0.0273. The maximum Gasteiger partial charge on any atom is 0.410 e. The Morgan fingerprint density at radius 1 is 1.30 bits per heavy atom. The van der Waals surface area contributed by atoms with Crippen molar-refractivity contribution in [1.82, 2.24) is 19.7 Å². The van der Waals surface area contributed by atoms with Crippen molar-refractivity contribution in [2.75, 3.05) is 13.1 Å². The summed E-state index contributed by atoms with van der Waals surface area (Å²) in [4.78, 5) is 27.0. The summed E-state index contributed by atoms with van der Waals surface area (Å²) in [6.45, 7) is 8.14. The van der Waals surface area contributed by atoms with E-state index in [1.165, 1.54) is 4.57 Å². The van der Waals surface area contributed by atoms with Gasteiger partial charge in [-0.25, -0.2) is 4.79 Å². The standard InChI is InChI=1S/C19H23ClN4O3/c1-11-15-14(16(20)22-21-11)9-13(17(25)23(15)5)12-7-6-8-24(10-12)18(26)27-19(2,3)4/h7,9H,6,8,10H2,1-5H3. The molecule has 0 saturated heterocycles. The van der Waals surface area contributed by atoms with Crippen LogP contribution >= 0.6 is 11.6 Å². The van der Waals surface area contributed by atoms with Crippen LogP contribution in [0.15, 0.2) is 16.9 Å². The fourth-order valence-corrected chi connectivity index (χ4v) is 3.39. The zero-order chi connectivity index (χ0) is 19.9. The molecule has 1 amide bonds. The number of carbonyl (C=O) groups is 1. The highest BCUT2D eigenvalue weighted by Gasteiger charge is 2.26. The lowest BCUT2D eigenvalue weighted by atomic mass is 10.0. The molecule has 0 aromatic carbocycles. The van der Waals surface area contributed by atoms with Crippen molar-refractivity contribution < 1.29 is 9.53 Å². The minimum atomic E-state index is -0.568. The van der Waals surface area contributed by atoms with Gasteiger partial charge in [-0.05, 0) is 45.8 Å². The second kappa shape index (κ2) is 6.96. The van der Waals surface area contributed by atoms with Crippen LogP contribution in [-0.4, -0.2) is 44.4 Å². The molecule has 0 saturated carbocycles. The summed E-state index contributed by atoms with van der Waals surface area (Å²) in [6, 6.07) is 1.74. The Morgan fingerprint density at radius 2 is 2.00 bits per heavy atom. The summed E-state index contributed by atoms with van der Waals surface area (Å²) < 4.78 is 6.99. The lowest BCUT2D eigenvalue weighted by Gasteiger charge is -2.30. The van der Waals surface area contributed by atoms with E-state index in [-0.39, 0.29) is 16.8 Å². The van der Waals surface area contributed by atoms with Gasteiger partial charge in [-0.15, -0.1) is 5.10 Å². The molecule has 27 heavy (non-hydrogen) atoms. The second-order valence-corrected chi connectivity index (χ2v) is 8.04. The van der Waals surface area contributed by atoms with Gasteiger partial charge in [0.1, 0.15) is 5.60 Å². The first kappa shape index (κ1) is 19.4. The maximum atomic E-state index is 12.9. The number of nitrogens with zero attached hydrogens (tertiary/aromatic N) is 4. The first-order valence-corrected chi connectivity index (χ1v) is 9.16. The van der Waals surface area contributed by atoms with Crippen molar-refractivity contribution in [1.29, 1.82) is 0 Å². The summed E-state index contributed by atoms with van der Waals surface area (Å²) >= 11 is 6.22. The molecule has 1 aliphatic rings. The predicted molar refractivity (Wildman–Crippen MR) is 105 cm³/mol. The number of hydrogen-bond donors (Lipinski definition) is 0. The van der Waals surface area contributed by atoms with Crippen molar-refractivity contribution in [3.8, 4) is 0 Å². The molecule has 8 heteroatoms. The van der Waals surface area contributed by atoms with Crippen LogP contribution < -0.4 is 5.56 Å². The first-order chi connectivity index (χ1) is 12.6. The van der Waals surface area contributed by atoms with E-state index in [9.17, 15) is 9.59 Å². The highest BCUT2D eigenvalue weighted by atomic mass is 35.5. The molecule has 3 heterocycles. The molecule has 0 fully saturated rings. The van der Waals surface area contributed by atoms with Crippen LogP contribution in [0.2, 0.25) is 5.15 Å². The predicted octanol–water partition coefficient (Wildman–Crippen LogP) is 3.31. The molecule has 2 aromatic heterocycles. The van der Waals surface area contributed by atoms with Crippen molar-refractivity contribution in [2.45, 2.75) is 39.7 Å². The van der Waals surface area contributed by atoms with Crippen LogP contribution in [-0.2, 0) is 11.8 Å². The number of aromatic nitrogens is 3. The number of amides is 1. The third kappa shape index (κ3) is 3.83. The summed E-state index contributed by atoms with van der Waals surface area (Å²) in [7, 11) is 1.69. The van der Waals surface area contributed by atoms with Crippen LogP contribution in [0.25, 0.3) is 16.5 Å². The largest absolute Gasteiger partial charge is 0.444 e. The van der Waals surface area contributed by atoms with Crippen molar-refractivity contribution in [2.24, 2.45) is 7.05 Å². The topological polar surface area (TPSA) is 77.3 Å². The minimum Gasteiger partial charge on any atom is -0.444 e. The molecule has 0 bridgehead atoms. The second-order valence-electron chi connectivity index (χ2n) is 7.68. The molecular formula is C19H23ClN4O3. The zero-order valence-corrected chi connectivity index (χ0v) is 16.9. The maximum absolute atomic E-state index is 12.9. The molecule has 144 valence electrons. The van der Waals surface area contributed by atoms with Crippen molar-refractivity contribution in [3.63, 3.8) is 0 Å². The number of fused-ring (bicyclic) bond motifs is 1. The normalized spacial score (nSPS) is 15.0. The van der Waals surface area contributed by atoms with E-state index in [0.29, 0.717) is 41.7 Å². The molecule has 0 aliphatic carbocycles. The molecular weight excluding hydrogens is 368 g/mol. The highest BCUT2D eigenvalue weighted by Crippen LogP contribution is 2.26. The van der Waals surface area contributed by atoms with Crippen LogP contribution in [0.1, 0.15) is 38.4 Å². The van der Waals surface area contributed by atoms with Gasteiger partial charge in [-0.1, -0.05) is 17.7 Å². The number of pyridine rings is 1. The van der Waals surface area contributed by atoms with Gasteiger partial charge in [-0.3, -0.25) is 4.79 Å². The van der Waals surface area contributed by atoms with Gasteiger partial charge >= 0.3 is 6.09 Å². The molecule has 7 nitrogen and oxygen atoms in total. The third-order valence-electron chi connectivity index (χ3n) is 4.42. The number of ether oxygens (including phenoxy) is 1. The number of aryl methyl sites for hydroxylation is 2. The molecule has 3 rings (SSSR count). The Bertz CT molecular complexity index is 1000. The average Bonchev–Trinajstić information content (AvgIpc) is 2.59. The number of halogens is 1. The lowest BCUT2D eigenvalue weighted by Crippen LogP contribution is -2.40. The van der Waals surface area contributed by atoms with Crippen LogP contribution in [0.5, 0.6) is 0 Å². The van der Waals surface area contributed by atoms with Crippen LogP contribution in [0, 0.1) is 6.92 Å². The van der Waals surface area contributed by atoms with Gasteiger partial charge in [0.05, 0.1) is 11.2 Å². The van der Waals surface area contributed by atoms with Crippen LogP contribution in [0.4, 0.5) is 4.79 Å². The molecule has 0 N–H and O–H groups in total. The molecule has 1 aliphatic heterocycles. The molecule has 0 unspecified atom stereocenters. The summed E-state index contributed by atoms with van der Waals surface area (Å²) in [5.74, 6) is 0. The summed E-state index contributed by atoms with van der Waals surface area (Å²) in [5.41, 5.74) is 1.85. The van der Waals surface area contributed by atoms with E-state index >= 15 is 0 Å². The number of carbonyl (C=O) groups excluding carboxylic acids is 1. The van der Waals surface area contributed by atoms with E-state index in [2.05, 4.69) is 10.2 Å². The van der Waals surface area contributed by atoms with Crippen molar-refractivity contribution >= 4 is 34.2 Å². The van der Waals surface area contributed by atoms with Gasteiger partial charge in [0.2, 0.25) is 0 Å². The Morgan fingerprint density at radius 3 is 2.67 bits per heavy atom. The Labute approximate surface area is 162 Å². The Balaban J connectivity index is 2.02. The summed E-state index contributed by atoms with van der Waals surface area (Å²) in [6.07, 6.45) is 2.25. The SMILES string of the molecule is Cc1nnc(Cl)c2cc(C3=CCCN(C(=O)OC(C)(C)C)C3)c(=O)n(C)c12. The fraction of sp³-hybridized carbons (Fsp3) is 0.474. The minimum absolute atomic E-state index is 0.160. The van der Waals surface area contributed by atoms with E-state index in [0.717, 1.165) is 5.57 Å². The first-order valence-electron chi connectivity index (χ1n) is 8.78. The van der Waals surface area contributed by atoms with Gasteiger partial charge < -0.3 is 14.2 Å². The van der Waals surface area contributed by atoms with E-state index in [4.69, 9.17) is 16.3 Å². The van der Waals surface area contributed by atoms with E-state index in [1.807, 2.05) is 26.8 Å². The van der Waals surface area contributed by atoms with Gasteiger partial charge in [0, 0.05) is 31.1 Å². The van der Waals surface area contributed by atoms with Crippen LogP contribution in [0.3, 0.4) is 0 Å². The zero-order valence-electron chi connectivity index (χ0n) is 16.2. The molecule has 0 spiro atoms. The fourth-order valence-electron chi connectivity index (χ4n) is 3.20. The monoisotopic (exact) mass is 390 g/mol. The number of hydrogen-bond acceptors (Lipinski definition) is 5. The Kier molecular flexibility index (Phi) is 4.99. The summed E-state index contributed by atoms with van der Waals surface area (Å²) in [5, 5.41) is 8.84. The van der Waals surface area contributed by atoms with Gasteiger partial charge in [-0.2, -0.15) is 5.10 Å². The quantitative estimate of drug-likeness (QED) is 0.746. The van der Waals surface area contributed by atoms with Crippen molar-refractivity contribution in [3.05, 3.63) is 38.9 Å². The van der Waals surface area contributed by atoms with Gasteiger partial charge in [0.15, 0.2) is 5.15 Å². The molecule has 2 aromatic rings. The molecule has 0 atom stereocenters. The number of rotatable bonds is 1. The Hall–Kier alpha value is -2.41. The highest BCUT2D eigenvalue weighted by molar-refractivity contribution is 6.34. The van der Waals surface area contributed by atoms with Gasteiger partial charge in [0.25, 0.3) is 5.56 Å². The average molecular weight is 391 g/mol. The smallest absolute Gasteiger partial charge is 0.410 e. The molecule has 0 radical (unpaired) electrons. The van der Waals surface area contributed by atoms with E-state index < -0.39 is 5.60 Å². The third-order valence-corrected chi connectivity index (χ3v) is 4.69. The van der Waals surface area contributed by atoms with E-state index in [1.54, 1.807) is 24.9 Å².